The SMILES string of the molecule is COc1ccc(C2=NOC(C)(C(=O)N3CCCC3CO)C2)cc1C(=O)N1CCC(Cc2ccc(F)cc2)CC1. The zero-order valence-corrected chi connectivity index (χ0v) is 22.6. The van der Waals surface area contributed by atoms with Crippen molar-refractivity contribution in [3.63, 3.8) is 0 Å². The first-order chi connectivity index (χ1) is 18.8. The lowest BCUT2D eigenvalue weighted by atomic mass is 9.89. The first-order valence-corrected chi connectivity index (χ1v) is 13.7. The van der Waals surface area contributed by atoms with Gasteiger partial charge in [0.1, 0.15) is 11.6 Å². The largest absolute Gasteiger partial charge is 0.496 e. The van der Waals surface area contributed by atoms with Crippen LogP contribution in [0.25, 0.3) is 0 Å². The van der Waals surface area contributed by atoms with Gasteiger partial charge in [0.2, 0.25) is 5.60 Å². The van der Waals surface area contributed by atoms with Crippen molar-refractivity contribution in [2.24, 2.45) is 11.1 Å². The molecular weight excluding hydrogens is 501 g/mol. The van der Waals surface area contributed by atoms with Crippen LogP contribution in [0.5, 0.6) is 5.75 Å². The first-order valence-electron chi connectivity index (χ1n) is 13.7. The number of hydrogen-bond donors (Lipinski definition) is 1. The molecule has 0 aliphatic carbocycles. The van der Waals surface area contributed by atoms with E-state index in [0.717, 1.165) is 37.7 Å². The Hall–Kier alpha value is -3.46. The molecule has 2 unspecified atom stereocenters. The van der Waals surface area contributed by atoms with Crippen molar-refractivity contribution in [1.82, 2.24) is 9.80 Å². The zero-order valence-electron chi connectivity index (χ0n) is 22.6. The van der Waals surface area contributed by atoms with Crippen LogP contribution in [0.15, 0.2) is 47.6 Å². The summed E-state index contributed by atoms with van der Waals surface area (Å²) in [6.07, 6.45) is 4.52. The molecule has 2 aromatic carbocycles. The summed E-state index contributed by atoms with van der Waals surface area (Å²) < 4.78 is 18.7. The highest BCUT2D eigenvalue weighted by molar-refractivity contribution is 6.07. The minimum absolute atomic E-state index is 0.0665. The fraction of sp³-hybridized carbons (Fsp3) is 0.500. The lowest BCUT2D eigenvalue weighted by molar-refractivity contribution is -0.154. The van der Waals surface area contributed by atoms with Gasteiger partial charge < -0.3 is 24.5 Å². The number of piperidine rings is 1. The Morgan fingerprint density at radius 1 is 1.13 bits per heavy atom. The molecule has 9 heteroatoms. The first kappa shape index (κ1) is 27.1. The highest BCUT2D eigenvalue weighted by atomic mass is 19.1. The molecular formula is C30H36FN3O5. The molecule has 0 radical (unpaired) electrons. The number of halogens is 1. The lowest BCUT2D eigenvalue weighted by Gasteiger charge is -2.32. The molecule has 2 fully saturated rings. The number of oxime groups is 1. The maximum atomic E-state index is 13.6. The van der Waals surface area contributed by atoms with Gasteiger partial charge in [-0.25, -0.2) is 4.39 Å². The predicted octanol–water partition coefficient (Wildman–Crippen LogP) is 3.80. The number of likely N-dealkylation sites (tertiary alicyclic amines) is 2. The summed E-state index contributed by atoms with van der Waals surface area (Å²) >= 11 is 0. The molecule has 3 heterocycles. The minimum atomic E-state index is -1.15. The molecule has 3 aliphatic heterocycles. The van der Waals surface area contributed by atoms with Gasteiger partial charge in [0.15, 0.2) is 0 Å². The van der Waals surface area contributed by atoms with Gasteiger partial charge in [-0.1, -0.05) is 17.3 Å². The Balaban J connectivity index is 1.25. The average Bonchev–Trinajstić information content (AvgIpc) is 3.61. The molecule has 2 aromatic rings. The third-order valence-electron chi connectivity index (χ3n) is 8.27. The summed E-state index contributed by atoms with van der Waals surface area (Å²) in [5.74, 6) is 0.414. The van der Waals surface area contributed by atoms with Crippen LogP contribution in [-0.2, 0) is 16.1 Å². The number of rotatable bonds is 7. The molecule has 208 valence electrons. The van der Waals surface area contributed by atoms with Crippen LogP contribution in [0.1, 0.15) is 60.5 Å². The Bertz CT molecular complexity index is 1240. The molecule has 3 aliphatic rings. The van der Waals surface area contributed by atoms with Crippen LogP contribution in [0.3, 0.4) is 0 Å². The highest BCUT2D eigenvalue weighted by Gasteiger charge is 2.47. The number of hydrogen-bond acceptors (Lipinski definition) is 6. The number of methoxy groups -OCH3 is 1. The van der Waals surface area contributed by atoms with Crippen molar-refractivity contribution in [2.45, 2.75) is 57.1 Å². The number of aliphatic hydroxyl groups is 1. The van der Waals surface area contributed by atoms with Gasteiger partial charge in [0.25, 0.3) is 11.8 Å². The summed E-state index contributed by atoms with van der Waals surface area (Å²) in [6.45, 7) is 3.53. The van der Waals surface area contributed by atoms with Gasteiger partial charge in [-0.3, -0.25) is 9.59 Å². The third kappa shape index (κ3) is 5.64. The summed E-state index contributed by atoms with van der Waals surface area (Å²) in [7, 11) is 1.54. The van der Waals surface area contributed by atoms with Gasteiger partial charge in [-0.15, -0.1) is 0 Å². The molecule has 0 bridgehead atoms. The number of amides is 2. The van der Waals surface area contributed by atoms with Gasteiger partial charge >= 0.3 is 0 Å². The van der Waals surface area contributed by atoms with Crippen LogP contribution in [0.2, 0.25) is 0 Å². The van der Waals surface area contributed by atoms with Crippen LogP contribution in [0.4, 0.5) is 4.39 Å². The Morgan fingerprint density at radius 2 is 1.87 bits per heavy atom. The monoisotopic (exact) mass is 537 g/mol. The second-order valence-electron chi connectivity index (χ2n) is 11.0. The van der Waals surface area contributed by atoms with Crippen molar-refractivity contribution in [1.29, 1.82) is 0 Å². The van der Waals surface area contributed by atoms with E-state index in [4.69, 9.17) is 9.57 Å². The topological polar surface area (TPSA) is 91.7 Å². The van der Waals surface area contributed by atoms with E-state index in [0.29, 0.717) is 48.1 Å². The average molecular weight is 538 g/mol. The van der Waals surface area contributed by atoms with E-state index in [-0.39, 0.29) is 36.7 Å². The number of carbonyl (C=O) groups is 2. The summed E-state index contributed by atoms with van der Waals surface area (Å²) in [5.41, 5.74) is 1.72. The highest BCUT2D eigenvalue weighted by Crippen LogP contribution is 2.33. The van der Waals surface area contributed by atoms with E-state index in [1.165, 1.54) is 12.1 Å². The number of carbonyl (C=O) groups excluding carboxylic acids is 2. The van der Waals surface area contributed by atoms with Crippen LogP contribution < -0.4 is 4.74 Å². The minimum Gasteiger partial charge on any atom is -0.496 e. The van der Waals surface area contributed by atoms with Crippen LogP contribution in [-0.4, -0.2) is 77.4 Å². The van der Waals surface area contributed by atoms with Gasteiger partial charge in [-0.2, -0.15) is 0 Å². The molecule has 5 rings (SSSR count). The molecule has 0 saturated carbocycles. The standard InChI is InChI=1S/C30H36FN3O5/c1-30(29(37)34-13-3-4-24(34)19-35)18-26(32-39-30)22-7-10-27(38-2)25(17-22)28(36)33-14-11-21(12-15-33)16-20-5-8-23(31)9-6-20/h5-10,17,21,24,35H,3-4,11-16,18-19H2,1-2H3. The molecule has 2 saturated heterocycles. The van der Waals surface area contributed by atoms with E-state index in [1.807, 2.05) is 23.1 Å². The quantitative estimate of drug-likeness (QED) is 0.580. The second-order valence-corrected chi connectivity index (χ2v) is 11.0. The van der Waals surface area contributed by atoms with Crippen molar-refractivity contribution < 1.29 is 28.7 Å². The van der Waals surface area contributed by atoms with Gasteiger partial charge in [0.05, 0.1) is 31.0 Å². The number of nitrogens with zero attached hydrogens (tertiary/aromatic N) is 3. The molecule has 2 amide bonds. The molecule has 0 spiro atoms. The summed E-state index contributed by atoms with van der Waals surface area (Å²) in [5, 5.41) is 13.9. The Kier molecular flexibility index (Phi) is 7.88. The van der Waals surface area contributed by atoms with E-state index in [2.05, 4.69) is 5.16 Å². The predicted molar refractivity (Wildman–Crippen MR) is 144 cm³/mol. The number of ether oxygens (including phenoxy) is 1. The van der Waals surface area contributed by atoms with E-state index >= 15 is 0 Å². The molecule has 8 nitrogen and oxygen atoms in total. The lowest BCUT2D eigenvalue weighted by Crippen LogP contribution is -2.50. The van der Waals surface area contributed by atoms with Crippen molar-refractivity contribution in [3.05, 3.63) is 65.0 Å². The van der Waals surface area contributed by atoms with Crippen molar-refractivity contribution in [2.75, 3.05) is 33.4 Å². The maximum absolute atomic E-state index is 13.6. The Morgan fingerprint density at radius 3 is 2.56 bits per heavy atom. The molecule has 39 heavy (non-hydrogen) atoms. The summed E-state index contributed by atoms with van der Waals surface area (Å²) in [4.78, 5) is 36.1. The normalized spacial score (nSPS) is 23.5. The third-order valence-corrected chi connectivity index (χ3v) is 8.27. The smallest absolute Gasteiger partial charge is 0.270 e. The summed E-state index contributed by atoms with van der Waals surface area (Å²) in [6, 6.07) is 11.8. The van der Waals surface area contributed by atoms with Crippen molar-refractivity contribution in [3.8, 4) is 5.75 Å². The second kappa shape index (κ2) is 11.3. The van der Waals surface area contributed by atoms with Crippen LogP contribution >= 0.6 is 0 Å². The number of aliphatic hydroxyl groups excluding tert-OH is 1. The maximum Gasteiger partial charge on any atom is 0.270 e. The fourth-order valence-electron chi connectivity index (χ4n) is 5.92. The van der Waals surface area contributed by atoms with Crippen LogP contribution in [0, 0.1) is 11.7 Å². The van der Waals surface area contributed by atoms with E-state index in [9.17, 15) is 19.1 Å². The fourth-order valence-corrected chi connectivity index (χ4v) is 5.92. The van der Waals surface area contributed by atoms with E-state index < -0.39 is 5.60 Å². The Labute approximate surface area is 228 Å². The molecule has 0 aromatic heterocycles. The molecule has 2 atom stereocenters. The van der Waals surface area contributed by atoms with Crippen molar-refractivity contribution >= 4 is 17.5 Å². The number of benzene rings is 2. The van der Waals surface area contributed by atoms with Gasteiger partial charge in [-0.05, 0) is 80.8 Å². The molecule has 1 N–H and O–H groups in total. The zero-order chi connectivity index (χ0) is 27.6. The van der Waals surface area contributed by atoms with Gasteiger partial charge in [0, 0.05) is 31.6 Å². The van der Waals surface area contributed by atoms with E-state index in [1.54, 1.807) is 31.1 Å².